The van der Waals surface area contributed by atoms with Crippen LogP contribution in [-0.2, 0) is 18.0 Å². The molecule has 9 heteroatoms. The van der Waals surface area contributed by atoms with E-state index < -0.39 is 17.4 Å². The molecule has 0 bridgehead atoms. The van der Waals surface area contributed by atoms with Crippen LogP contribution in [0.4, 0.5) is 5.69 Å². The lowest BCUT2D eigenvalue weighted by atomic mass is 10.0. The van der Waals surface area contributed by atoms with E-state index >= 15 is 0 Å². The fourth-order valence-corrected chi connectivity index (χ4v) is 2.64. The van der Waals surface area contributed by atoms with Crippen LogP contribution >= 0.6 is 0 Å². The third-order valence-electron chi connectivity index (χ3n) is 4.01. The lowest BCUT2D eigenvalue weighted by Crippen LogP contribution is -2.25. The molecule has 2 aromatic carbocycles. The van der Waals surface area contributed by atoms with Gasteiger partial charge >= 0.3 is 11.4 Å². The maximum atomic E-state index is 12.3. The van der Waals surface area contributed by atoms with Crippen LogP contribution < -0.4 is 16.8 Å². The number of nitrogens with one attached hydrogen (secondary N) is 2. The summed E-state index contributed by atoms with van der Waals surface area (Å²) < 4.78 is 5.23. The normalized spacial score (nSPS) is 11.1. The van der Waals surface area contributed by atoms with Crippen LogP contribution in [0.2, 0.25) is 0 Å². The van der Waals surface area contributed by atoms with Crippen LogP contribution in [0.5, 0.6) is 0 Å². The summed E-state index contributed by atoms with van der Waals surface area (Å²) in [7, 11) is 0. The number of nitrogens with zero attached hydrogens (tertiary/aromatic N) is 1. The van der Waals surface area contributed by atoms with Crippen molar-refractivity contribution in [3.8, 4) is 5.69 Å². The molecule has 0 aliphatic heterocycles. The number of aromatic amines is 1. The number of H-pyrrole nitrogens is 1. The summed E-state index contributed by atoms with van der Waals surface area (Å²) in [5.74, 6) is -1.39. The van der Waals surface area contributed by atoms with E-state index in [-0.39, 0.29) is 24.6 Å². The highest BCUT2D eigenvalue weighted by Gasteiger charge is 2.13. The van der Waals surface area contributed by atoms with Crippen LogP contribution in [0, 0.1) is 0 Å². The number of rotatable bonds is 6. The van der Waals surface area contributed by atoms with Crippen molar-refractivity contribution in [2.75, 3.05) is 5.32 Å². The maximum Gasteiger partial charge on any atom is 0.447 e. The smallest absolute Gasteiger partial charge is 0.392 e. The zero-order valence-electron chi connectivity index (χ0n) is 14.6. The quantitative estimate of drug-likeness (QED) is 0.464. The van der Waals surface area contributed by atoms with Gasteiger partial charge in [-0.2, -0.15) is 9.72 Å². The Hall–Kier alpha value is -3.69. The van der Waals surface area contributed by atoms with Crippen molar-refractivity contribution in [2.24, 2.45) is 0 Å². The zero-order valence-corrected chi connectivity index (χ0v) is 14.6. The summed E-state index contributed by atoms with van der Waals surface area (Å²) in [5.41, 5.74) is 1.48. The summed E-state index contributed by atoms with van der Waals surface area (Å²) in [5, 5.41) is 23.1. The first kappa shape index (κ1) is 19.1. The van der Waals surface area contributed by atoms with Gasteiger partial charge in [-0.3, -0.25) is 4.79 Å². The van der Waals surface area contributed by atoms with Crippen molar-refractivity contribution in [3.05, 3.63) is 86.3 Å². The monoisotopic (exact) mass is 383 g/mol. The van der Waals surface area contributed by atoms with Crippen molar-refractivity contribution in [2.45, 2.75) is 13.2 Å². The molecule has 0 aliphatic rings. The van der Waals surface area contributed by atoms with Crippen LogP contribution in [-0.4, -0.2) is 25.8 Å². The minimum absolute atomic E-state index is 0.166. The number of para-hydroxylation sites is 2. The molecule has 1 heterocycles. The lowest BCUT2D eigenvalue weighted by molar-refractivity contribution is -0.111. The maximum absolute atomic E-state index is 12.3. The van der Waals surface area contributed by atoms with Crippen molar-refractivity contribution < 1.29 is 19.5 Å². The Morgan fingerprint density at radius 2 is 1.86 bits per heavy atom. The molecular formula is C19H17N3O6. The summed E-state index contributed by atoms with van der Waals surface area (Å²) in [4.78, 5) is 35.7. The van der Waals surface area contributed by atoms with E-state index in [4.69, 9.17) is 0 Å². The molecule has 0 unspecified atom stereocenters. The van der Waals surface area contributed by atoms with Crippen LogP contribution in [0.25, 0.3) is 11.8 Å². The highest BCUT2D eigenvalue weighted by molar-refractivity contribution is 6.03. The van der Waals surface area contributed by atoms with Gasteiger partial charge in [0.15, 0.2) is 0 Å². The molecule has 3 rings (SSSR count). The topological polar surface area (TPSA) is 138 Å². The second-order valence-corrected chi connectivity index (χ2v) is 5.79. The molecule has 3 aromatic rings. The second-order valence-electron chi connectivity index (χ2n) is 5.79. The van der Waals surface area contributed by atoms with Crippen molar-refractivity contribution >= 4 is 17.7 Å². The average Bonchev–Trinajstić information content (AvgIpc) is 3.04. The third kappa shape index (κ3) is 4.00. The lowest BCUT2D eigenvalue weighted by Gasteiger charge is -2.08. The Kier molecular flexibility index (Phi) is 5.68. The summed E-state index contributed by atoms with van der Waals surface area (Å²) in [6.45, 7) is -0.422. The number of carbonyl (C=O) groups excluding carboxylic acids is 1. The second kappa shape index (κ2) is 8.33. The fraction of sp³-hybridized carbons (Fsp3) is 0.105. The minimum Gasteiger partial charge on any atom is -0.392 e. The van der Waals surface area contributed by atoms with Crippen molar-refractivity contribution in [1.29, 1.82) is 0 Å². The van der Waals surface area contributed by atoms with Crippen LogP contribution in [0.15, 0.2) is 62.7 Å². The Bertz CT molecular complexity index is 1110. The van der Waals surface area contributed by atoms with Crippen LogP contribution in [0.3, 0.4) is 0 Å². The largest absolute Gasteiger partial charge is 0.447 e. The summed E-state index contributed by atoms with van der Waals surface area (Å²) in [6, 6.07) is 11.3. The zero-order chi connectivity index (χ0) is 20.1. The van der Waals surface area contributed by atoms with Gasteiger partial charge in [-0.05, 0) is 41.0 Å². The molecule has 0 aliphatic carbocycles. The van der Waals surface area contributed by atoms with E-state index in [1.807, 2.05) is 5.16 Å². The van der Waals surface area contributed by atoms with Crippen LogP contribution in [0.1, 0.15) is 16.7 Å². The van der Waals surface area contributed by atoms with Gasteiger partial charge in [0, 0.05) is 6.08 Å². The molecule has 0 spiro atoms. The first-order valence-electron chi connectivity index (χ1n) is 8.26. The number of aromatic nitrogens is 2. The molecule has 9 nitrogen and oxygen atoms in total. The van der Waals surface area contributed by atoms with Gasteiger partial charge in [-0.25, -0.2) is 9.59 Å². The predicted octanol–water partition coefficient (Wildman–Crippen LogP) is 0.755. The first-order chi connectivity index (χ1) is 13.5. The molecular weight excluding hydrogens is 366 g/mol. The third-order valence-corrected chi connectivity index (χ3v) is 4.01. The molecule has 0 saturated heterocycles. The van der Waals surface area contributed by atoms with Gasteiger partial charge in [0.2, 0.25) is 5.91 Å². The Morgan fingerprint density at radius 1 is 1.11 bits per heavy atom. The predicted molar refractivity (Wildman–Crippen MR) is 101 cm³/mol. The summed E-state index contributed by atoms with van der Waals surface area (Å²) in [6.07, 6.45) is 2.81. The molecule has 0 saturated carbocycles. The Labute approximate surface area is 158 Å². The van der Waals surface area contributed by atoms with Gasteiger partial charge in [-0.1, -0.05) is 24.3 Å². The number of carbonyl (C=O) groups is 1. The van der Waals surface area contributed by atoms with Crippen molar-refractivity contribution in [1.82, 2.24) is 9.72 Å². The molecule has 1 aromatic heterocycles. The van der Waals surface area contributed by atoms with E-state index in [1.165, 1.54) is 18.2 Å². The molecule has 1 amide bonds. The molecule has 28 heavy (non-hydrogen) atoms. The molecule has 0 atom stereocenters. The van der Waals surface area contributed by atoms with E-state index in [0.717, 1.165) is 4.57 Å². The first-order valence-corrected chi connectivity index (χ1v) is 8.26. The van der Waals surface area contributed by atoms with Gasteiger partial charge in [0.25, 0.3) is 0 Å². The highest BCUT2D eigenvalue weighted by atomic mass is 16.5. The van der Waals surface area contributed by atoms with E-state index in [1.54, 1.807) is 36.4 Å². The Morgan fingerprint density at radius 3 is 2.54 bits per heavy atom. The van der Waals surface area contributed by atoms with Gasteiger partial charge in [0.05, 0.1) is 24.6 Å². The Balaban J connectivity index is 1.82. The van der Waals surface area contributed by atoms with E-state index in [2.05, 4.69) is 9.84 Å². The van der Waals surface area contributed by atoms with Gasteiger partial charge in [-0.15, -0.1) is 0 Å². The number of hydrogen-bond acceptors (Lipinski definition) is 6. The van der Waals surface area contributed by atoms with Gasteiger partial charge < -0.3 is 20.1 Å². The molecule has 0 radical (unpaired) electrons. The number of anilines is 1. The molecule has 4 N–H and O–H groups in total. The number of hydrogen-bond donors (Lipinski definition) is 4. The standard InChI is InChI=1S/C19H17N3O6/c23-10-13-7-5-12(9-14(13)11-24)6-8-17(25)20-15-3-1-2-4-16(15)22-18(26)21-28-19(22)27/h1-9,23-24H,10-11H2,(H,20,25)(H,21,26)/b8-6+. The summed E-state index contributed by atoms with van der Waals surface area (Å²) >= 11 is 0. The molecule has 144 valence electrons. The number of benzene rings is 2. The van der Waals surface area contributed by atoms with E-state index in [0.29, 0.717) is 16.7 Å². The molecule has 0 fully saturated rings. The highest BCUT2D eigenvalue weighted by Crippen LogP contribution is 2.18. The average molecular weight is 383 g/mol. The SMILES string of the molecule is O=C(/C=C/c1ccc(CO)c(CO)c1)Nc1ccccc1-n1c(=O)[nH]oc1=O. The minimum atomic E-state index is -0.900. The fourth-order valence-electron chi connectivity index (χ4n) is 2.64. The number of aliphatic hydroxyl groups excluding tert-OH is 2. The van der Waals surface area contributed by atoms with E-state index in [9.17, 15) is 24.6 Å². The van der Waals surface area contributed by atoms with Crippen molar-refractivity contribution in [3.63, 3.8) is 0 Å². The number of aliphatic hydroxyl groups is 2. The number of amides is 1. The van der Waals surface area contributed by atoms with Gasteiger partial charge in [0.1, 0.15) is 0 Å².